The minimum Gasteiger partial charge on any atom is -0.396 e. The molecule has 1 N–H and O–H groups in total. The Morgan fingerprint density at radius 3 is 1.15 bits per heavy atom. The summed E-state index contributed by atoms with van der Waals surface area (Å²) in [5.74, 6) is 0.886. The van der Waals surface area contributed by atoms with Crippen LogP contribution in [0.3, 0.4) is 0 Å². The molecule has 0 aliphatic heterocycles. The van der Waals surface area contributed by atoms with E-state index in [4.69, 9.17) is 5.11 Å². The van der Waals surface area contributed by atoms with Gasteiger partial charge in [0.05, 0.1) is 0 Å². The Hall–Kier alpha value is 0.674. The smallest absolute Gasteiger partial charge is 0.0431 e. The fraction of sp³-hybridized carbons (Fsp3) is 1.00. The van der Waals surface area contributed by atoms with Gasteiger partial charge in [0, 0.05) is 28.3 Å². The molecule has 2 heteroatoms. The molecule has 0 amide bonds. The van der Waals surface area contributed by atoms with Gasteiger partial charge in [-0.1, -0.05) is 97.3 Å². The van der Waals surface area contributed by atoms with Crippen molar-refractivity contribution < 1.29 is 26.8 Å². The summed E-state index contributed by atoms with van der Waals surface area (Å²) in [7, 11) is 0. The Bertz CT molecular complexity index is 159. The zero-order valence-corrected chi connectivity index (χ0v) is 15.7. The van der Waals surface area contributed by atoms with E-state index in [1.54, 1.807) is 0 Å². The second-order valence-electron chi connectivity index (χ2n) is 6.50. The number of rotatable bonds is 15. The van der Waals surface area contributed by atoms with Gasteiger partial charge in [-0.3, -0.25) is 0 Å². The minimum atomic E-state index is 0. The second-order valence-corrected chi connectivity index (χ2v) is 6.50. The zero-order valence-electron chi connectivity index (χ0n) is 14.1. The second kappa shape index (κ2) is 19.7. The van der Waals surface area contributed by atoms with Crippen LogP contribution in [0.15, 0.2) is 0 Å². The van der Waals surface area contributed by atoms with Crippen LogP contribution in [0.25, 0.3) is 0 Å². The van der Waals surface area contributed by atoms with Gasteiger partial charge in [-0.15, -0.1) is 0 Å². The fourth-order valence-electron chi connectivity index (χ4n) is 2.61. The molecule has 0 saturated carbocycles. The van der Waals surface area contributed by atoms with E-state index in [2.05, 4.69) is 13.8 Å². The third-order valence-corrected chi connectivity index (χ3v) is 3.94. The van der Waals surface area contributed by atoms with Crippen molar-refractivity contribution in [2.45, 2.75) is 104 Å². The van der Waals surface area contributed by atoms with Gasteiger partial charge in [0.2, 0.25) is 0 Å². The summed E-state index contributed by atoms with van der Waals surface area (Å²) in [6.07, 6.45) is 19.3. The zero-order chi connectivity index (χ0) is 14.2. The van der Waals surface area contributed by atoms with Crippen molar-refractivity contribution in [2.24, 2.45) is 5.92 Å². The monoisotopic (exact) mass is 318 g/mol. The largest absolute Gasteiger partial charge is 0.396 e. The number of hydrogen-bond donors (Lipinski definition) is 1. The summed E-state index contributed by atoms with van der Waals surface area (Å²) in [5.41, 5.74) is 0. The maximum absolute atomic E-state index is 8.67. The summed E-state index contributed by atoms with van der Waals surface area (Å²) in [6.45, 7) is 5.02. The van der Waals surface area contributed by atoms with Crippen LogP contribution in [0.5, 0.6) is 0 Å². The Balaban J connectivity index is 0. The van der Waals surface area contributed by atoms with E-state index in [9.17, 15) is 0 Å². The summed E-state index contributed by atoms with van der Waals surface area (Å²) >= 11 is 0. The third-order valence-electron chi connectivity index (χ3n) is 3.94. The number of unbranched alkanes of at least 4 members (excludes halogenated alkanes) is 12. The Labute approximate surface area is 143 Å². The number of hydrogen-bond acceptors (Lipinski definition) is 1. The van der Waals surface area contributed by atoms with Crippen LogP contribution in [-0.4, -0.2) is 11.7 Å². The van der Waals surface area contributed by atoms with Gasteiger partial charge in [-0.05, 0) is 12.3 Å². The molecule has 0 aliphatic carbocycles. The molecule has 0 bridgehead atoms. The normalized spacial score (nSPS) is 10.8. The summed E-state index contributed by atoms with van der Waals surface area (Å²) in [6, 6.07) is 0. The van der Waals surface area contributed by atoms with Crippen LogP contribution in [0.1, 0.15) is 104 Å². The first kappa shape index (κ1) is 22.9. The molecule has 20 heavy (non-hydrogen) atoms. The van der Waals surface area contributed by atoms with Crippen molar-refractivity contribution in [2.75, 3.05) is 6.61 Å². The Morgan fingerprint density at radius 1 is 0.550 bits per heavy atom. The van der Waals surface area contributed by atoms with E-state index in [1.807, 2.05) is 0 Å². The van der Waals surface area contributed by atoms with Gasteiger partial charge < -0.3 is 5.11 Å². The summed E-state index contributed by atoms with van der Waals surface area (Å²) in [4.78, 5) is 0. The molecule has 0 aromatic rings. The van der Waals surface area contributed by atoms with Crippen LogP contribution in [-0.2, 0) is 21.7 Å². The molecule has 0 saturated heterocycles. The summed E-state index contributed by atoms with van der Waals surface area (Å²) in [5, 5.41) is 8.67. The molecule has 0 atom stereocenters. The van der Waals surface area contributed by atoms with Crippen molar-refractivity contribution in [1.29, 1.82) is 0 Å². The molecule has 0 spiro atoms. The predicted molar refractivity (Wildman–Crippen MR) is 86.6 cm³/mol. The van der Waals surface area contributed by atoms with Crippen LogP contribution in [0.2, 0.25) is 0 Å². The first-order chi connectivity index (χ1) is 9.27. The molecule has 120 valence electrons. The SMILES string of the molecule is CC(C)CCCCCCCCCCCCCCCO.[Ti]. The quantitative estimate of drug-likeness (QED) is 0.286. The molecule has 0 rings (SSSR count). The Kier molecular flexibility index (Phi) is 22.6. The molecule has 0 radical (unpaired) electrons. The van der Waals surface area contributed by atoms with Crippen LogP contribution < -0.4 is 0 Å². The van der Waals surface area contributed by atoms with Crippen molar-refractivity contribution in [1.82, 2.24) is 0 Å². The first-order valence-electron chi connectivity index (χ1n) is 8.88. The molecule has 0 aromatic carbocycles. The van der Waals surface area contributed by atoms with Gasteiger partial charge in [-0.25, -0.2) is 0 Å². The fourth-order valence-corrected chi connectivity index (χ4v) is 2.61. The van der Waals surface area contributed by atoms with Crippen molar-refractivity contribution in [3.8, 4) is 0 Å². The van der Waals surface area contributed by atoms with E-state index >= 15 is 0 Å². The average Bonchev–Trinajstić information content (AvgIpc) is 2.39. The molecular formula is C18H38OTi. The summed E-state index contributed by atoms with van der Waals surface area (Å²) < 4.78 is 0. The molecule has 0 heterocycles. The number of aliphatic hydroxyl groups is 1. The molecule has 1 nitrogen and oxygen atoms in total. The van der Waals surface area contributed by atoms with Crippen LogP contribution in [0, 0.1) is 5.92 Å². The van der Waals surface area contributed by atoms with Crippen molar-refractivity contribution in [3.63, 3.8) is 0 Å². The maximum Gasteiger partial charge on any atom is 0.0431 e. The van der Waals surface area contributed by atoms with E-state index in [1.165, 1.54) is 83.5 Å². The molecular weight excluding hydrogens is 280 g/mol. The molecule has 0 aliphatic rings. The van der Waals surface area contributed by atoms with Gasteiger partial charge in [0.25, 0.3) is 0 Å². The van der Waals surface area contributed by atoms with E-state index < -0.39 is 0 Å². The van der Waals surface area contributed by atoms with Crippen LogP contribution >= 0.6 is 0 Å². The van der Waals surface area contributed by atoms with E-state index in [0.717, 1.165) is 12.3 Å². The van der Waals surface area contributed by atoms with Crippen LogP contribution in [0.4, 0.5) is 0 Å². The van der Waals surface area contributed by atoms with Gasteiger partial charge >= 0.3 is 0 Å². The molecule has 0 fully saturated rings. The minimum absolute atomic E-state index is 0. The third kappa shape index (κ3) is 21.0. The predicted octanol–water partition coefficient (Wildman–Crippen LogP) is 6.09. The average molecular weight is 318 g/mol. The topological polar surface area (TPSA) is 20.2 Å². The number of aliphatic hydroxyl groups excluding tert-OH is 1. The Morgan fingerprint density at radius 2 is 0.850 bits per heavy atom. The van der Waals surface area contributed by atoms with Gasteiger partial charge in [-0.2, -0.15) is 0 Å². The van der Waals surface area contributed by atoms with Gasteiger partial charge in [0.15, 0.2) is 0 Å². The standard InChI is InChI=1S/C18H38O.Ti/c1-18(2)16-14-12-10-8-6-4-3-5-7-9-11-13-15-17-19;/h18-19H,3-17H2,1-2H3;. The maximum atomic E-state index is 8.67. The molecule has 0 aromatic heterocycles. The van der Waals surface area contributed by atoms with E-state index in [0.29, 0.717) is 6.61 Å². The first-order valence-corrected chi connectivity index (χ1v) is 8.88. The van der Waals surface area contributed by atoms with Crippen molar-refractivity contribution >= 4 is 0 Å². The molecule has 0 unspecified atom stereocenters. The van der Waals surface area contributed by atoms with E-state index in [-0.39, 0.29) is 21.7 Å². The van der Waals surface area contributed by atoms with Crippen molar-refractivity contribution in [3.05, 3.63) is 0 Å². The van der Waals surface area contributed by atoms with Gasteiger partial charge in [0.1, 0.15) is 0 Å².